The second-order valence-corrected chi connectivity index (χ2v) is 7.51. The SMILES string of the molecule is CC(Cc1ccco1)NC(=O)Cn1c(=O)c(=O)n(Cc2ccccc2)c2ccccc21. The highest BCUT2D eigenvalue weighted by molar-refractivity contribution is 5.80. The smallest absolute Gasteiger partial charge is 0.317 e. The average molecular weight is 417 g/mol. The van der Waals surface area contributed by atoms with Crippen molar-refractivity contribution in [2.75, 3.05) is 0 Å². The molecule has 0 spiro atoms. The van der Waals surface area contributed by atoms with Gasteiger partial charge in [0.05, 0.1) is 23.8 Å². The second-order valence-electron chi connectivity index (χ2n) is 7.51. The molecule has 2 aromatic heterocycles. The molecule has 31 heavy (non-hydrogen) atoms. The molecule has 4 aromatic rings. The number of fused-ring (bicyclic) bond motifs is 1. The molecule has 0 saturated heterocycles. The highest BCUT2D eigenvalue weighted by Gasteiger charge is 2.17. The molecule has 4 rings (SSSR count). The molecule has 7 heteroatoms. The number of aromatic nitrogens is 2. The van der Waals surface area contributed by atoms with Gasteiger partial charge in [0, 0.05) is 12.5 Å². The van der Waals surface area contributed by atoms with Gasteiger partial charge >= 0.3 is 11.1 Å². The second kappa shape index (κ2) is 8.87. The number of carbonyl (C=O) groups excluding carboxylic acids is 1. The molecule has 0 radical (unpaired) electrons. The minimum Gasteiger partial charge on any atom is -0.469 e. The van der Waals surface area contributed by atoms with E-state index >= 15 is 0 Å². The minimum absolute atomic E-state index is 0.181. The monoisotopic (exact) mass is 417 g/mol. The maximum atomic E-state index is 12.9. The molecule has 1 atom stereocenters. The Morgan fingerprint density at radius 1 is 0.903 bits per heavy atom. The largest absolute Gasteiger partial charge is 0.469 e. The molecule has 7 nitrogen and oxygen atoms in total. The van der Waals surface area contributed by atoms with Crippen LogP contribution in [0.3, 0.4) is 0 Å². The quantitative estimate of drug-likeness (QED) is 0.468. The van der Waals surface area contributed by atoms with Crippen LogP contribution in [-0.4, -0.2) is 21.1 Å². The van der Waals surface area contributed by atoms with Crippen LogP contribution in [0.25, 0.3) is 11.0 Å². The van der Waals surface area contributed by atoms with Crippen molar-refractivity contribution in [1.29, 1.82) is 0 Å². The van der Waals surface area contributed by atoms with E-state index in [9.17, 15) is 14.4 Å². The first-order chi connectivity index (χ1) is 15.0. The molecular weight excluding hydrogens is 394 g/mol. The molecule has 1 amide bonds. The molecule has 0 bridgehead atoms. The molecule has 0 fully saturated rings. The van der Waals surface area contributed by atoms with Gasteiger partial charge in [0.2, 0.25) is 5.91 Å². The summed E-state index contributed by atoms with van der Waals surface area (Å²) in [5, 5.41) is 2.86. The fourth-order valence-corrected chi connectivity index (χ4v) is 3.70. The highest BCUT2D eigenvalue weighted by atomic mass is 16.3. The third kappa shape index (κ3) is 4.50. The van der Waals surface area contributed by atoms with Crippen LogP contribution in [0.15, 0.2) is 87.0 Å². The maximum absolute atomic E-state index is 12.9. The van der Waals surface area contributed by atoms with Crippen LogP contribution in [0.2, 0.25) is 0 Å². The Hall–Kier alpha value is -3.87. The lowest BCUT2D eigenvalue weighted by Gasteiger charge is -2.17. The first-order valence-electron chi connectivity index (χ1n) is 10.1. The summed E-state index contributed by atoms with van der Waals surface area (Å²) in [6, 6.07) is 20.1. The van der Waals surface area contributed by atoms with Crippen LogP contribution >= 0.6 is 0 Å². The number of nitrogens with zero attached hydrogens (tertiary/aromatic N) is 2. The zero-order chi connectivity index (χ0) is 21.8. The van der Waals surface area contributed by atoms with Gasteiger partial charge < -0.3 is 9.73 Å². The average Bonchev–Trinajstić information content (AvgIpc) is 3.28. The third-order valence-electron chi connectivity index (χ3n) is 5.12. The van der Waals surface area contributed by atoms with Gasteiger partial charge in [-0.2, -0.15) is 0 Å². The Labute approximate surface area is 178 Å². The molecule has 0 aliphatic heterocycles. The summed E-state index contributed by atoms with van der Waals surface area (Å²) in [5.41, 5.74) is 0.683. The van der Waals surface area contributed by atoms with E-state index in [4.69, 9.17) is 4.42 Å². The molecular formula is C24H23N3O4. The first kappa shape index (κ1) is 20.4. The van der Waals surface area contributed by atoms with Gasteiger partial charge in [-0.15, -0.1) is 0 Å². The first-order valence-corrected chi connectivity index (χ1v) is 10.1. The Bertz CT molecular complexity index is 1300. The molecule has 2 aromatic carbocycles. The van der Waals surface area contributed by atoms with Crippen molar-refractivity contribution in [1.82, 2.24) is 14.5 Å². The minimum atomic E-state index is -0.719. The zero-order valence-electron chi connectivity index (χ0n) is 17.2. The number of benzene rings is 2. The van der Waals surface area contributed by atoms with Crippen LogP contribution in [0, 0.1) is 0 Å². The number of carbonyl (C=O) groups is 1. The van der Waals surface area contributed by atoms with Crippen molar-refractivity contribution >= 4 is 16.9 Å². The van der Waals surface area contributed by atoms with Crippen molar-refractivity contribution in [3.8, 4) is 0 Å². The molecule has 2 heterocycles. The van der Waals surface area contributed by atoms with Crippen LogP contribution < -0.4 is 16.4 Å². The standard InChI is InChI=1S/C24H23N3O4/c1-17(14-19-10-7-13-31-19)25-22(28)16-27-21-12-6-5-11-20(21)26(23(29)24(27)30)15-18-8-3-2-4-9-18/h2-13,17H,14-16H2,1H3,(H,25,28). The zero-order valence-corrected chi connectivity index (χ0v) is 17.2. The lowest BCUT2D eigenvalue weighted by atomic mass is 10.2. The lowest BCUT2D eigenvalue weighted by molar-refractivity contribution is -0.122. The molecule has 0 aliphatic carbocycles. The number of nitrogens with one attached hydrogen (secondary N) is 1. The van der Waals surface area contributed by atoms with Crippen molar-refractivity contribution in [3.05, 3.63) is 105 Å². The Kier molecular flexibility index (Phi) is 5.84. The van der Waals surface area contributed by atoms with Crippen molar-refractivity contribution in [3.63, 3.8) is 0 Å². The van der Waals surface area contributed by atoms with Gasteiger partial charge in [0.25, 0.3) is 0 Å². The third-order valence-corrected chi connectivity index (χ3v) is 5.12. The molecule has 0 saturated carbocycles. The van der Waals surface area contributed by atoms with Gasteiger partial charge in [0.1, 0.15) is 12.3 Å². The Morgan fingerprint density at radius 3 is 2.23 bits per heavy atom. The number of furan rings is 1. The number of para-hydroxylation sites is 2. The number of rotatable bonds is 7. The maximum Gasteiger partial charge on any atom is 0.317 e. The van der Waals surface area contributed by atoms with Gasteiger partial charge in [-0.3, -0.25) is 23.5 Å². The molecule has 1 N–H and O–H groups in total. The van der Waals surface area contributed by atoms with E-state index in [1.807, 2.05) is 49.4 Å². The summed E-state index contributed by atoms with van der Waals surface area (Å²) in [6.07, 6.45) is 2.12. The predicted molar refractivity (Wildman–Crippen MR) is 118 cm³/mol. The summed E-state index contributed by atoms with van der Waals surface area (Å²) in [6.45, 7) is 1.91. The van der Waals surface area contributed by atoms with Gasteiger partial charge in [-0.1, -0.05) is 42.5 Å². The molecule has 1 unspecified atom stereocenters. The summed E-state index contributed by atoms with van der Waals surface area (Å²) >= 11 is 0. The van der Waals surface area contributed by atoms with Crippen LogP contribution in [-0.2, 0) is 24.3 Å². The topological polar surface area (TPSA) is 86.2 Å². The fraction of sp³-hybridized carbons (Fsp3) is 0.208. The highest BCUT2D eigenvalue weighted by Crippen LogP contribution is 2.12. The van der Waals surface area contributed by atoms with E-state index in [0.29, 0.717) is 17.5 Å². The lowest BCUT2D eigenvalue weighted by Crippen LogP contribution is -2.45. The van der Waals surface area contributed by atoms with Crippen molar-refractivity contribution < 1.29 is 9.21 Å². The Balaban J connectivity index is 1.63. The normalized spacial score (nSPS) is 12.0. The van der Waals surface area contributed by atoms with E-state index in [-0.39, 0.29) is 25.0 Å². The summed E-state index contributed by atoms with van der Waals surface area (Å²) in [5.74, 6) is 0.422. The van der Waals surface area contributed by atoms with Gasteiger partial charge in [-0.05, 0) is 36.8 Å². The van der Waals surface area contributed by atoms with E-state index < -0.39 is 11.1 Å². The Morgan fingerprint density at radius 2 is 1.55 bits per heavy atom. The molecule has 158 valence electrons. The van der Waals surface area contributed by atoms with E-state index in [2.05, 4.69) is 5.32 Å². The van der Waals surface area contributed by atoms with Crippen LogP contribution in [0.1, 0.15) is 18.2 Å². The van der Waals surface area contributed by atoms with Crippen LogP contribution in [0.4, 0.5) is 0 Å². The summed E-state index contributed by atoms with van der Waals surface area (Å²) in [7, 11) is 0. The summed E-state index contributed by atoms with van der Waals surface area (Å²) < 4.78 is 8.01. The van der Waals surface area contributed by atoms with Gasteiger partial charge in [-0.25, -0.2) is 0 Å². The van der Waals surface area contributed by atoms with E-state index in [1.54, 1.807) is 30.5 Å². The molecule has 0 aliphatic rings. The van der Waals surface area contributed by atoms with Gasteiger partial charge in [0.15, 0.2) is 0 Å². The van der Waals surface area contributed by atoms with E-state index in [0.717, 1.165) is 11.3 Å². The van der Waals surface area contributed by atoms with Crippen LogP contribution in [0.5, 0.6) is 0 Å². The van der Waals surface area contributed by atoms with Crippen molar-refractivity contribution in [2.45, 2.75) is 32.5 Å². The number of hydrogen-bond donors (Lipinski definition) is 1. The fourth-order valence-electron chi connectivity index (χ4n) is 3.70. The predicted octanol–water partition coefficient (Wildman–Crippen LogP) is 2.55. The summed E-state index contributed by atoms with van der Waals surface area (Å²) in [4.78, 5) is 38.4. The number of hydrogen-bond acceptors (Lipinski definition) is 4. The number of amides is 1. The van der Waals surface area contributed by atoms with Crippen molar-refractivity contribution in [2.24, 2.45) is 0 Å². The van der Waals surface area contributed by atoms with E-state index in [1.165, 1.54) is 9.13 Å².